The van der Waals surface area contributed by atoms with E-state index < -0.39 is 11.2 Å². The average Bonchev–Trinajstić information content (AvgIpc) is 3.54. The number of rotatable bonds is 6. The van der Waals surface area contributed by atoms with Crippen LogP contribution in [0.1, 0.15) is 37.3 Å². The van der Waals surface area contributed by atoms with E-state index in [4.69, 9.17) is 18.9 Å². The number of nitrogens with zero attached hydrogens (tertiary/aromatic N) is 1. The van der Waals surface area contributed by atoms with Crippen molar-refractivity contribution in [3.8, 4) is 34.1 Å². The molecule has 35 heavy (non-hydrogen) atoms. The molecular formula is C28H26FNO5. The van der Waals surface area contributed by atoms with E-state index in [2.05, 4.69) is 6.92 Å². The third kappa shape index (κ3) is 3.17. The number of carbonyl (C=O) groups excluding carboxylic acids is 1. The van der Waals surface area contributed by atoms with Crippen LogP contribution in [0.25, 0.3) is 11.1 Å². The van der Waals surface area contributed by atoms with Crippen molar-refractivity contribution in [2.24, 2.45) is 0 Å². The molecule has 0 bridgehead atoms. The molecule has 0 saturated heterocycles. The highest BCUT2D eigenvalue weighted by molar-refractivity contribution is 6.13. The van der Waals surface area contributed by atoms with Gasteiger partial charge in [0.05, 0.1) is 7.11 Å². The molecule has 3 heterocycles. The molecule has 3 aromatic carbocycles. The fourth-order valence-corrected chi connectivity index (χ4v) is 5.50. The Morgan fingerprint density at radius 1 is 1.03 bits per heavy atom. The van der Waals surface area contributed by atoms with Crippen molar-refractivity contribution in [3.63, 3.8) is 0 Å². The molecule has 1 atom stereocenters. The monoisotopic (exact) mass is 475 g/mol. The minimum Gasteiger partial charge on any atom is -0.497 e. The van der Waals surface area contributed by atoms with Gasteiger partial charge < -0.3 is 23.8 Å². The van der Waals surface area contributed by atoms with Gasteiger partial charge in [0, 0.05) is 35.5 Å². The van der Waals surface area contributed by atoms with Gasteiger partial charge in [-0.05, 0) is 41.8 Å². The number of fused-ring (bicyclic) bond motifs is 5. The molecule has 3 aliphatic heterocycles. The minimum atomic E-state index is -1.06. The second-order valence-electron chi connectivity index (χ2n) is 9.14. The molecule has 0 saturated carbocycles. The number of hydrogen-bond donors (Lipinski definition) is 0. The van der Waals surface area contributed by atoms with E-state index in [1.807, 2.05) is 29.2 Å². The van der Waals surface area contributed by atoms with Gasteiger partial charge in [-0.3, -0.25) is 4.79 Å². The summed E-state index contributed by atoms with van der Waals surface area (Å²) in [6.07, 6.45) is 2.97. The van der Waals surface area contributed by atoms with Crippen LogP contribution in [0.4, 0.5) is 10.1 Å². The molecule has 7 heteroatoms. The van der Waals surface area contributed by atoms with Crippen molar-refractivity contribution in [1.82, 2.24) is 0 Å². The highest BCUT2D eigenvalue weighted by Crippen LogP contribution is 2.57. The second-order valence-corrected chi connectivity index (χ2v) is 9.14. The molecule has 3 aromatic rings. The lowest BCUT2D eigenvalue weighted by Crippen LogP contribution is -2.43. The van der Waals surface area contributed by atoms with Crippen LogP contribution in [0.3, 0.4) is 0 Å². The van der Waals surface area contributed by atoms with Gasteiger partial charge in [0.1, 0.15) is 29.3 Å². The van der Waals surface area contributed by atoms with E-state index in [1.54, 1.807) is 12.1 Å². The van der Waals surface area contributed by atoms with E-state index in [1.165, 1.54) is 19.2 Å². The van der Waals surface area contributed by atoms with Gasteiger partial charge in [0.15, 0.2) is 11.5 Å². The number of ether oxygens (including phenoxy) is 4. The molecule has 0 aromatic heterocycles. The highest BCUT2D eigenvalue weighted by atomic mass is 19.1. The summed E-state index contributed by atoms with van der Waals surface area (Å²) < 4.78 is 37.2. The van der Waals surface area contributed by atoms with Gasteiger partial charge in [-0.1, -0.05) is 31.9 Å². The Morgan fingerprint density at radius 3 is 2.66 bits per heavy atom. The fraction of sp³-hybridized carbons (Fsp3) is 0.321. The first kappa shape index (κ1) is 21.8. The quantitative estimate of drug-likeness (QED) is 0.444. The first-order valence-electron chi connectivity index (χ1n) is 11.9. The zero-order chi connectivity index (χ0) is 24.2. The Kier molecular flexibility index (Phi) is 5.09. The molecule has 1 amide bonds. The fourth-order valence-electron chi connectivity index (χ4n) is 5.50. The summed E-state index contributed by atoms with van der Waals surface area (Å²) in [5.41, 5.74) is 2.78. The molecule has 6 nitrogen and oxygen atoms in total. The first-order valence-corrected chi connectivity index (χ1v) is 11.9. The SMILES string of the molecule is CCCCCN1C(=O)C2(COc3cc4c(cc32)OCO4)c2c(-c3cc(F)cc(OC)c3)cccc21. The number of methoxy groups -OCH3 is 1. The van der Waals surface area contributed by atoms with Gasteiger partial charge in [0.2, 0.25) is 12.7 Å². The topological polar surface area (TPSA) is 57.2 Å². The zero-order valence-electron chi connectivity index (χ0n) is 19.7. The zero-order valence-corrected chi connectivity index (χ0v) is 19.7. The molecule has 0 radical (unpaired) electrons. The molecule has 0 fully saturated rings. The molecule has 0 aliphatic carbocycles. The Balaban J connectivity index is 1.59. The molecule has 1 unspecified atom stereocenters. The summed E-state index contributed by atoms with van der Waals surface area (Å²) in [6, 6.07) is 14.1. The van der Waals surface area contributed by atoms with E-state index in [0.717, 1.165) is 41.6 Å². The van der Waals surface area contributed by atoms with Gasteiger partial charge in [-0.25, -0.2) is 4.39 Å². The van der Waals surface area contributed by atoms with Gasteiger partial charge in [0.25, 0.3) is 0 Å². The lowest BCUT2D eigenvalue weighted by Gasteiger charge is -2.24. The Morgan fingerprint density at radius 2 is 1.86 bits per heavy atom. The third-order valence-electron chi connectivity index (χ3n) is 7.15. The van der Waals surface area contributed by atoms with Crippen LogP contribution < -0.4 is 23.8 Å². The van der Waals surface area contributed by atoms with Gasteiger partial charge in [-0.2, -0.15) is 0 Å². The molecular weight excluding hydrogens is 449 g/mol. The summed E-state index contributed by atoms with van der Waals surface area (Å²) in [6.45, 7) is 3.04. The standard InChI is InChI=1S/C28H26FNO5/c1-3-4-5-9-30-22-8-6-7-20(17-10-18(29)12-19(11-17)32-2)26(22)28(27(30)31)15-33-23-14-25-24(13-21(23)28)34-16-35-25/h6-8,10-14H,3-5,9,15-16H2,1-2H3. The molecule has 180 valence electrons. The lowest BCUT2D eigenvalue weighted by molar-refractivity contribution is -0.122. The van der Waals surface area contributed by atoms with Crippen molar-refractivity contribution >= 4 is 11.6 Å². The van der Waals surface area contributed by atoms with Crippen LogP contribution in [-0.4, -0.2) is 33.0 Å². The maximum Gasteiger partial charge on any atom is 0.245 e. The average molecular weight is 476 g/mol. The van der Waals surface area contributed by atoms with Crippen LogP contribution in [0.5, 0.6) is 23.0 Å². The summed E-state index contributed by atoms with van der Waals surface area (Å²) in [4.78, 5) is 16.2. The Labute approximate surface area is 203 Å². The highest BCUT2D eigenvalue weighted by Gasteiger charge is 2.58. The number of benzene rings is 3. The number of amides is 1. The third-order valence-corrected chi connectivity index (χ3v) is 7.15. The van der Waals surface area contributed by atoms with Crippen LogP contribution in [-0.2, 0) is 10.2 Å². The number of halogens is 1. The van der Waals surface area contributed by atoms with E-state index in [9.17, 15) is 9.18 Å². The molecule has 3 aliphatic rings. The smallest absolute Gasteiger partial charge is 0.245 e. The van der Waals surface area contributed by atoms with Crippen molar-refractivity contribution in [2.45, 2.75) is 31.6 Å². The molecule has 6 rings (SSSR count). The summed E-state index contributed by atoms with van der Waals surface area (Å²) in [5.74, 6) is 1.79. The maximum absolute atomic E-state index is 14.6. The maximum atomic E-state index is 14.6. The Bertz CT molecular complexity index is 1340. The second kappa shape index (κ2) is 8.18. The van der Waals surface area contributed by atoms with E-state index >= 15 is 0 Å². The predicted molar refractivity (Wildman–Crippen MR) is 129 cm³/mol. The first-order chi connectivity index (χ1) is 17.1. The lowest BCUT2D eigenvalue weighted by atomic mass is 9.74. The van der Waals surface area contributed by atoms with Crippen molar-refractivity contribution in [1.29, 1.82) is 0 Å². The van der Waals surface area contributed by atoms with Crippen LogP contribution >= 0.6 is 0 Å². The van der Waals surface area contributed by atoms with E-state index in [-0.39, 0.29) is 19.3 Å². The summed E-state index contributed by atoms with van der Waals surface area (Å²) in [7, 11) is 1.51. The van der Waals surface area contributed by atoms with Crippen molar-refractivity contribution < 1.29 is 28.1 Å². The number of carbonyl (C=O) groups is 1. The van der Waals surface area contributed by atoms with Crippen molar-refractivity contribution in [2.75, 3.05) is 32.0 Å². The largest absolute Gasteiger partial charge is 0.497 e. The van der Waals surface area contributed by atoms with Crippen LogP contribution in [0.15, 0.2) is 48.5 Å². The number of hydrogen-bond acceptors (Lipinski definition) is 5. The molecule has 1 spiro atoms. The summed E-state index contributed by atoms with van der Waals surface area (Å²) >= 11 is 0. The minimum absolute atomic E-state index is 0.0305. The van der Waals surface area contributed by atoms with Crippen molar-refractivity contribution in [3.05, 3.63) is 65.5 Å². The summed E-state index contributed by atoms with van der Waals surface area (Å²) in [5, 5.41) is 0. The van der Waals surface area contributed by atoms with Crippen LogP contribution in [0.2, 0.25) is 0 Å². The van der Waals surface area contributed by atoms with E-state index in [0.29, 0.717) is 35.1 Å². The van der Waals surface area contributed by atoms with Crippen LogP contribution in [0, 0.1) is 5.82 Å². The predicted octanol–water partition coefficient (Wildman–Crippen LogP) is 5.45. The normalized spacial score (nSPS) is 19.2. The Hall–Kier alpha value is -3.74. The number of anilines is 1. The van der Waals surface area contributed by atoms with Gasteiger partial charge >= 0.3 is 0 Å². The van der Waals surface area contributed by atoms with Gasteiger partial charge in [-0.15, -0.1) is 0 Å². The number of unbranched alkanes of at least 4 members (excludes halogenated alkanes) is 2. The molecule has 0 N–H and O–H groups in total.